The molecule has 2 N–H and O–H groups in total. The van der Waals surface area contributed by atoms with Crippen molar-refractivity contribution in [1.29, 1.82) is 0 Å². The lowest BCUT2D eigenvalue weighted by Gasteiger charge is -2.28. The highest BCUT2D eigenvalue weighted by Crippen LogP contribution is 2.50. The van der Waals surface area contributed by atoms with E-state index >= 15 is 0 Å². The molecule has 1 aliphatic carbocycles. The first-order valence-corrected chi connectivity index (χ1v) is 8.81. The summed E-state index contributed by atoms with van der Waals surface area (Å²) in [5.74, 6) is -0.00856. The van der Waals surface area contributed by atoms with E-state index in [-0.39, 0.29) is 5.91 Å². The number of benzene rings is 1. The van der Waals surface area contributed by atoms with Gasteiger partial charge in [0.25, 0.3) is 5.91 Å². The number of carbonyl (C=O) groups excluding carboxylic acids is 2. The van der Waals surface area contributed by atoms with Crippen LogP contribution in [0.5, 0.6) is 5.75 Å². The van der Waals surface area contributed by atoms with Crippen LogP contribution in [0.3, 0.4) is 0 Å². The number of carbonyl (C=O) groups is 2. The first kappa shape index (κ1) is 18.8. The molecular formula is C20H23N3O4. The van der Waals surface area contributed by atoms with Crippen molar-refractivity contribution in [2.45, 2.75) is 37.8 Å². The van der Waals surface area contributed by atoms with Crippen molar-refractivity contribution in [2.75, 3.05) is 7.05 Å². The molecule has 3 rings (SSSR count). The molecule has 0 aliphatic heterocycles. The first-order chi connectivity index (χ1) is 13.0. The topological polar surface area (TPSA) is 91.8 Å². The van der Waals surface area contributed by atoms with Gasteiger partial charge in [-0.1, -0.05) is 12.1 Å². The molecule has 0 radical (unpaired) electrons. The van der Waals surface area contributed by atoms with Crippen LogP contribution >= 0.6 is 0 Å². The summed E-state index contributed by atoms with van der Waals surface area (Å²) < 4.78 is 5.77. The van der Waals surface area contributed by atoms with Crippen molar-refractivity contribution in [3.8, 4) is 5.75 Å². The van der Waals surface area contributed by atoms with Gasteiger partial charge < -0.3 is 9.64 Å². The Bertz CT molecular complexity index is 804. The summed E-state index contributed by atoms with van der Waals surface area (Å²) in [6.45, 7) is 2.03. The van der Waals surface area contributed by atoms with Gasteiger partial charge in [0.1, 0.15) is 18.4 Å². The summed E-state index contributed by atoms with van der Waals surface area (Å²) in [4.78, 5) is 29.9. The summed E-state index contributed by atoms with van der Waals surface area (Å²) in [5, 5.41) is 8.78. The molecular weight excluding hydrogens is 346 g/mol. The van der Waals surface area contributed by atoms with E-state index in [9.17, 15) is 9.59 Å². The van der Waals surface area contributed by atoms with E-state index in [0.29, 0.717) is 6.61 Å². The zero-order chi connectivity index (χ0) is 19.4. The molecule has 0 unspecified atom stereocenters. The average Bonchev–Trinajstić information content (AvgIpc) is 3.53. The Morgan fingerprint density at radius 3 is 2.41 bits per heavy atom. The van der Waals surface area contributed by atoms with Gasteiger partial charge in [-0.15, -0.1) is 0 Å². The van der Waals surface area contributed by atoms with Crippen molar-refractivity contribution >= 4 is 11.8 Å². The minimum absolute atomic E-state index is 0.121. The number of rotatable bonds is 7. The number of hydrogen-bond donors (Lipinski definition) is 2. The molecule has 1 atom stereocenters. The normalized spacial score (nSPS) is 15.5. The summed E-state index contributed by atoms with van der Waals surface area (Å²) in [7, 11) is 1.58. The van der Waals surface area contributed by atoms with Crippen molar-refractivity contribution < 1.29 is 19.5 Å². The fourth-order valence-corrected chi connectivity index (χ4v) is 3.05. The molecule has 0 saturated heterocycles. The molecule has 0 spiro atoms. The molecule has 1 aromatic carbocycles. The van der Waals surface area contributed by atoms with Gasteiger partial charge in [-0.25, -0.2) is 5.48 Å². The summed E-state index contributed by atoms with van der Waals surface area (Å²) in [6, 6.07) is 10.6. The molecule has 2 amide bonds. The molecule has 0 bridgehead atoms. The quantitative estimate of drug-likeness (QED) is 0.576. The van der Waals surface area contributed by atoms with Crippen LogP contribution in [0.15, 0.2) is 48.8 Å². The smallest absolute Gasteiger partial charge is 0.265 e. The van der Waals surface area contributed by atoms with E-state index in [0.717, 1.165) is 29.7 Å². The fourth-order valence-electron chi connectivity index (χ4n) is 3.05. The van der Waals surface area contributed by atoms with E-state index in [1.165, 1.54) is 4.90 Å². The maximum Gasteiger partial charge on any atom is 0.265 e. The van der Waals surface area contributed by atoms with Crippen LogP contribution in [0.1, 0.15) is 30.9 Å². The number of pyridine rings is 1. The maximum atomic E-state index is 12.9. The second-order valence-corrected chi connectivity index (χ2v) is 6.82. The summed E-state index contributed by atoms with van der Waals surface area (Å²) in [5.41, 5.74) is 2.94. The minimum Gasteiger partial charge on any atom is -0.489 e. The molecule has 27 heavy (non-hydrogen) atoms. The first-order valence-electron chi connectivity index (χ1n) is 8.81. The van der Waals surface area contributed by atoms with Gasteiger partial charge in [-0.2, -0.15) is 0 Å². The number of nitrogens with one attached hydrogen (secondary N) is 1. The van der Waals surface area contributed by atoms with Crippen molar-refractivity contribution in [2.24, 2.45) is 0 Å². The Morgan fingerprint density at radius 2 is 1.85 bits per heavy atom. The molecule has 7 heteroatoms. The third kappa shape index (κ3) is 3.93. The fraction of sp³-hybridized carbons (Fsp3) is 0.350. The van der Waals surface area contributed by atoms with Gasteiger partial charge in [0.05, 0.1) is 5.41 Å². The predicted molar refractivity (Wildman–Crippen MR) is 98.1 cm³/mol. The third-order valence-corrected chi connectivity index (χ3v) is 5.11. The van der Waals surface area contributed by atoms with Gasteiger partial charge in [0.15, 0.2) is 0 Å². The second kappa shape index (κ2) is 7.75. The van der Waals surface area contributed by atoms with E-state index in [1.807, 2.05) is 36.4 Å². The van der Waals surface area contributed by atoms with Crippen molar-refractivity contribution in [1.82, 2.24) is 15.4 Å². The summed E-state index contributed by atoms with van der Waals surface area (Å²) >= 11 is 0. The van der Waals surface area contributed by atoms with Crippen LogP contribution in [0.4, 0.5) is 0 Å². The molecule has 1 aliphatic rings. The minimum atomic E-state index is -0.747. The summed E-state index contributed by atoms with van der Waals surface area (Å²) in [6.07, 6.45) is 4.92. The predicted octanol–water partition coefficient (Wildman–Crippen LogP) is 2.04. The van der Waals surface area contributed by atoms with Gasteiger partial charge in [0, 0.05) is 19.4 Å². The van der Waals surface area contributed by atoms with E-state index < -0.39 is 17.4 Å². The van der Waals surface area contributed by atoms with Gasteiger partial charge in [-0.3, -0.25) is 19.8 Å². The van der Waals surface area contributed by atoms with Crippen LogP contribution in [-0.4, -0.2) is 40.0 Å². The highest BCUT2D eigenvalue weighted by Gasteiger charge is 2.53. The third-order valence-electron chi connectivity index (χ3n) is 5.11. The number of hydroxylamine groups is 1. The lowest BCUT2D eigenvalue weighted by Crippen LogP contribution is -2.48. The SMILES string of the molecule is C[C@@H](C(=O)NO)N(C)C(=O)C1(c2ccc(OCc3ccncc3)cc2)CC1. The second-order valence-electron chi connectivity index (χ2n) is 6.82. The zero-order valence-electron chi connectivity index (χ0n) is 15.4. The number of ether oxygens (including phenoxy) is 1. The Labute approximate surface area is 157 Å². The lowest BCUT2D eigenvalue weighted by atomic mass is 9.94. The van der Waals surface area contributed by atoms with Crippen molar-refractivity contribution in [3.63, 3.8) is 0 Å². The number of nitrogens with zero attached hydrogens (tertiary/aromatic N) is 2. The van der Waals surface area contributed by atoms with E-state index in [1.54, 1.807) is 31.8 Å². The molecule has 1 saturated carbocycles. The molecule has 2 aromatic rings. The van der Waals surface area contributed by atoms with Crippen LogP contribution in [0, 0.1) is 0 Å². The maximum absolute atomic E-state index is 12.9. The van der Waals surface area contributed by atoms with E-state index in [2.05, 4.69) is 4.98 Å². The highest BCUT2D eigenvalue weighted by molar-refractivity contribution is 5.94. The molecule has 7 nitrogen and oxygen atoms in total. The number of likely N-dealkylation sites (N-methyl/N-ethyl adjacent to an activating group) is 1. The monoisotopic (exact) mass is 369 g/mol. The Balaban J connectivity index is 1.67. The van der Waals surface area contributed by atoms with Gasteiger partial charge >= 0.3 is 0 Å². The van der Waals surface area contributed by atoms with Gasteiger partial charge in [-0.05, 0) is 55.2 Å². The van der Waals surface area contributed by atoms with Gasteiger partial charge in [0.2, 0.25) is 5.91 Å². The van der Waals surface area contributed by atoms with Crippen LogP contribution < -0.4 is 10.2 Å². The van der Waals surface area contributed by atoms with E-state index in [4.69, 9.17) is 9.94 Å². The molecule has 1 heterocycles. The Morgan fingerprint density at radius 1 is 1.22 bits per heavy atom. The number of aromatic nitrogens is 1. The Kier molecular flexibility index (Phi) is 5.41. The van der Waals surface area contributed by atoms with Crippen LogP contribution in [0.2, 0.25) is 0 Å². The van der Waals surface area contributed by atoms with Crippen LogP contribution in [-0.2, 0) is 21.6 Å². The zero-order valence-corrected chi connectivity index (χ0v) is 15.4. The number of amides is 2. The molecule has 1 fully saturated rings. The largest absolute Gasteiger partial charge is 0.489 e. The van der Waals surface area contributed by atoms with Crippen molar-refractivity contribution in [3.05, 3.63) is 59.9 Å². The molecule has 1 aromatic heterocycles. The Hall–Kier alpha value is -2.93. The lowest BCUT2D eigenvalue weighted by molar-refractivity contribution is -0.143. The molecule has 142 valence electrons. The number of hydrogen-bond acceptors (Lipinski definition) is 5. The van der Waals surface area contributed by atoms with Crippen LogP contribution in [0.25, 0.3) is 0 Å². The average molecular weight is 369 g/mol. The highest BCUT2D eigenvalue weighted by atomic mass is 16.5. The standard InChI is InChI=1S/C20H23N3O4/c1-14(18(24)22-26)23(2)19(25)20(9-10-20)16-3-5-17(6-4-16)27-13-15-7-11-21-12-8-15/h3-8,11-12,14,26H,9-10,13H2,1-2H3,(H,22,24)/t14-/m0/s1.